The van der Waals surface area contributed by atoms with Crippen molar-refractivity contribution in [1.82, 2.24) is 10.3 Å². The van der Waals surface area contributed by atoms with E-state index in [0.717, 1.165) is 17.0 Å². The molecule has 1 amide bonds. The summed E-state index contributed by atoms with van der Waals surface area (Å²) in [6, 6.07) is 8.20. The summed E-state index contributed by atoms with van der Waals surface area (Å²) in [5.74, 6) is 0.856. The van der Waals surface area contributed by atoms with Crippen LogP contribution in [0, 0.1) is 6.92 Å². The van der Waals surface area contributed by atoms with Crippen LogP contribution in [0.1, 0.15) is 23.4 Å². The molecule has 0 aliphatic rings. The first-order valence-electron chi connectivity index (χ1n) is 7.73. The minimum atomic E-state index is -1.09. The lowest BCUT2D eigenvalue weighted by molar-refractivity contribution is -0.139. The van der Waals surface area contributed by atoms with E-state index < -0.39 is 18.1 Å². The molecule has 0 fully saturated rings. The van der Waals surface area contributed by atoms with E-state index in [0.29, 0.717) is 11.5 Å². The predicted molar refractivity (Wildman–Crippen MR) is 93.2 cm³/mol. The highest BCUT2D eigenvalue weighted by Gasteiger charge is 2.20. The van der Waals surface area contributed by atoms with Gasteiger partial charge in [-0.15, -0.1) is 0 Å². The zero-order chi connectivity index (χ0) is 18.1. The van der Waals surface area contributed by atoms with E-state index in [4.69, 9.17) is 9.15 Å². The quantitative estimate of drug-likeness (QED) is 0.660. The molecular weight excluding hydrogens is 344 g/mol. The molecule has 2 N–H and O–H groups in total. The molecule has 1 unspecified atom stereocenters. The number of carboxylic acid groups (broad SMARTS) is 1. The fourth-order valence-electron chi connectivity index (χ4n) is 2.00. The highest BCUT2D eigenvalue weighted by atomic mass is 32.2. The second-order valence-electron chi connectivity index (χ2n) is 5.29. The lowest BCUT2D eigenvalue weighted by Gasteiger charge is -2.14. The molecule has 0 bridgehead atoms. The number of thioether (sulfide) groups is 1. The zero-order valence-corrected chi connectivity index (χ0v) is 14.6. The maximum absolute atomic E-state index is 11.8. The fourth-order valence-corrected chi connectivity index (χ4v) is 3.02. The standard InChI is InChI=1S/C17H20N2O5S/c1-12-15(18-11-24-12)10-25-8-7-14(16(20)21)19-17(22)23-9-13-5-3-2-4-6-13/h2-6,11,14H,7-10H2,1H3,(H,19,22)(H,20,21). The number of hydrogen-bond acceptors (Lipinski definition) is 6. The molecule has 1 aromatic carbocycles. The summed E-state index contributed by atoms with van der Waals surface area (Å²) in [7, 11) is 0. The van der Waals surface area contributed by atoms with E-state index in [1.165, 1.54) is 18.2 Å². The maximum Gasteiger partial charge on any atom is 0.408 e. The van der Waals surface area contributed by atoms with Gasteiger partial charge in [0.25, 0.3) is 0 Å². The number of carbonyl (C=O) groups is 2. The Kier molecular flexibility index (Phi) is 7.34. The van der Waals surface area contributed by atoms with E-state index in [1.54, 1.807) is 0 Å². The van der Waals surface area contributed by atoms with Gasteiger partial charge in [-0.05, 0) is 24.7 Å². The van der Waals surface area contributed by atoms with Crippen LogP contribution in [0.3, 0.4) is 0 Å². The van der Waals surface area contributed by atoms with Gasteiger partial charge in [0.2, 0.25) is 0 Å². The first-order chi connectivity index (χ1) is 12.1. The van der Waals surface area contributed by atoms with Crippen molar-refractivity contribution in [2.24, 2.45) is 0 Å². The van der Waals surface area contributed by atoms with Gasteiger partial charge in [-0.25, -0.2) is 14.6 Å². The minimum Gasteiger partial charge on any atom is -0.480 e. The van der Waals surface area contributed by atoms with Crippen LogP contribution < -0.4 is 5.32 Å². The number of nitrogens with one attached hydrogen (secondary N) is 1. The summed E-state index contributed by atoms with van der Waals surface area (Å²) < 4.78 is 10.2. The van der Waals surface area contributed by atoms with Gasteiger partial charge in [-0.3, -0.25) is 0 Å². The third kappa shape index (κ3) is 6.50. The summed E-state index contributed by atoms with van der Waals surface area (Å²) in [4.78, 5) is 27.1. The zero-order valence-electron chi connectivity index (χ0n) is 13.8. The molecule has 25 heavy (non-hydrogen) atoms. The summed E-state index contributed by atoms with van der Waals surface area (Å²) in [5.41, 5.74) is 1.68. The van der Waals surface area contributed by atoms with E-state index in [2.05, 4.69) is 10.3 Å². The van der Waals surface area contributed by atoms with Crippen molar-refractivity contribution in [3.63, 3.8) is 0 Å². The Hall–Kier alpha value is -2.48. The Labute approximate surface area is 149 Å². The van der Waals surface area contributed by atoms with E-state index in [9.17, 15) is 14.7 Å². The van der Waals surface area contributed by atoms with Gasteiger partial charge in [0, 0.05) is 5.75 Å². The van der Waals surface area contributed by atoms with Crippen LogP contribution in [0.4, 0.5) is 4.79 Å². The number of rotatable bonds is 9. The number of carbonyl (C=O) groups excluding carboxylic acids is 1. The van der Waals surface area contributed by atoms with Gasteiger partial charge in [0.1, 0.15) is 18.4 Å². The monoisotopic (exact) mass is 364 g/mol. The molecule has 8 heteroatoms. The minimum absolute atomic E-state index is 0.0964. The number of nitrogens with zero attached hydrogens (tertiary/aromatic N) is 1. The molecule has 0 radical (unpaired) electrons. The van der Waals surface area contributed by atoms with Crippen LogP contribution >= 0.6 is 11.8 Å². The molecule has 2 rings (SSSR count). The molecule has 0 aliphatic carbocycles. The molecular formula is C17H20N2O5S. The number of ether oxygens (including phenoxy) is 1. The Morgan fingerprint density at radius 2 is 2.12 bits per heavy atom. The molecule has 0 aliphatic heterocycles. The molecule has 134 valence electrons. The van der Waals surface area contributed by atoms with Gasteiger partial charge in [-0.2, -0.15) is 11.8 Å². The Balaban J connectivity index is 1.71. The van der Waals surface area contributed by atoms with E-state index >= 15 is 0 Å². The van der Waals surface area contributed by atoms with E-state index in [1.807, 2.05) is 37.3 Å². The average Bonchev–Trinajstić information content (AvgIpc) is 3.01. The smallest absolute Gasteiger partial charge is 0.408 e. The first kappa shape index (κ1) is 18.9. The van der Waals surface area contributed by atoms with Crippen LogP contribution in [-0.2, 0) is 21.9 Å². The summed E-state index contributed by atoms with van der Waals surface area (Å²) in [6.45, 7) is 1.92. The van der Waals surface area contributed by atoms with Crippen LogP contribution in [0.2, 0.25) is 0 Å². The van der Waals surface area contributed by atoms with Crippen molar-refractivity contribution in [1.29, 1.82) is 0 Å². The van der Waals surface area contributed by atoms with Crippen molar-refractivity contribution >= 4 is 23.8 Å². The number of aryl methyl sites for hydroxylation is 1. The number of amides is 1. The largest absolute Gasteiger partial charge is 0.480 e. The van der Waals surface area contributed by atoms with Crippen molar-refractivity contribution in [2.75, 3.05) is 5.75 Å². The molecule has 1 heterocycles. The van der Waals surface area contributed by atoms with E-state index in [-0.39, 0.29) is 13.0 Å². The number of oxazole rings is 1. The van der Waals surface area contributed by atoms with Gasteiger partial charge in [0.05, 0.1) is 5.69 Å². The maximum atomic E-state index is 11.8. The van der Waals surface area contributed by atoms with Crippen LogP contribution in [0.25, 0.3) is 0 Å². The second-order valence-corrected chi connectivity index (χ2v) is 6.40. The Bertz CT molecular complexity index is 689. The normalized spacial score (nSPS) is 11.7. The lowest BCUT2D eigenvalue weighted by atomic mass is 10.2. The van der Waals surface area contributed by atoms with Gasteiger partial charge >= 0.3 is 12.1 Å². The second kappa shape index (κ2) is 9.73. The third-order valence-corrected chi connectivity index (χ3v) is 4.44. The third-order valence-electron chi connectivity index (χ3n) is 3.44. The van der Waals surface area contributed by atoms with Crippen molar-refractivity contribution in [2.45, 2.75) is 31.7 Å². The number of alkyl carbamates (subject to hydrolysis) is 1. The summed E-state index contributed by atoms with van der Waals surface area (Å²) >= 11 is 1.53. The summed E-state index contributed by atoms with van der Waals surface area (Å²) in [6.07, 6.45) is 0.931. The number of aliphatic carboxylic acids is 1. The van der Waals surface area contributed by atoms with Crippen molar-refractivity contribution < 1.29 is 23.8 Å². The lowest BCUT2D eigenvalue weighted by Crippen LogP contribution is -2.41. The van der Waals surface area contributed by atoms with Gasteiger partial charge < -0.3 is 19.6 Å². The number of hydrogen-bond donors (Lipinski definition) is 2. The molecule has 0 saturated heterocycles. The van der Waals surface area contributed by atoms with Crippen LogP contribution in [-0.4, -0.2) is 33.9 Å². The molecule has 0 saturated carbocycles. The topological polar surface area (TPSA) is 102 Å². The Morgan fingerprint density at radius 3 is 2.76 bits per heavy atom. The summed E-state index contributed by atoms with van der Waals surface area (Å²) in [5, 5.41) is 11.6. The molecule has 1 atom stereocenters. The highest BCUT2D eigenvalue weighted by molar-refractivity contribution is 7.98. The Morgan fingerprint density at radius 1 is 1.36 bits per heavy atom. The average molecular weight is 364 g/mol. The number of carboxylic acids is 1. The van der Waals surface area contributed by atoms with Crippen molar-refractivity contribution in [3.05, 3.63) is 53.7 Å². The van der Waals surface area contributed by atoms with Gasteiger partial charge in [-0.1, -0.05) is 30.3 Å². The molecule has 2 aromatic rings. The van der Waals surface area contributed by atoms with Crippen LogP contribution in [0.5, 0.6) is 0 Å². The molecule has 7 nitrogen and oxygen atoms in total. The fraction of sp³-hybridized carbons (Fsp3) is 0.353. The highest BCUT2D eigenvalue weighted by Crippen LogP contribution is 2.15. The SMILES string of the molecule is Cc1ocnc1CSCCC(NC(=O)OCc1ccccc1)C(=O)O. The number of aromatic nitrogens is 1. The van der Waals surface area contributed by atoms with Gasteiger partial charge in [0.15, 0.2) is 6.39 Å². The number of benzene rings is 1. The van der Waals surface area contributed by atoms with Crippen LogP contribution in [0.15, 0.2) is 41.1 Å². The first-order valence-corrected chi connectivity index (χ1v) is 8.88. The van der Waals surface area contributed by atoms with Crippen molar-refractivity contribution in [3.8, 4) is 0 Å². The molecule has 0 spiro atoms. The molecule has 1 aromatic heterocycles. The predicted octanol–water partition coefficient (Wildman–Crippen LogP) is 2.99.